The lowest BCUT2D eigenvalue weighted by molar-refractivity contribution is -0.130. The molecule has 1 aliphatic heterocycles. The molecule has 0 radical (unpaired) electrons. The third-order valence-corrected chi connectivity index (χ3v) is 5.87. The molecule has 36 heavy (non-hydrogen) atoms. The topological polar surface area (TPSA) is 135 Å². The molecule has 4 aromatic rings. The largest absolute Gasteiger partial charge is 0.495 e. The smallest absolute Gasteiger partial charge is 0.325 e. The van der Waals surface area contributed by atoms with Gasteiger partial charge in [-0.1, -0.05) is 72.8 Å². The molecule has 1 aromatic heterocycles. The number of rotatable bonds is 7. The minimum absolute atomic E-state index is 0.0539. The van der Waals surface area contributed by atoms with E-state index in [0.29, 0.717) is 22.6 Å². The number of nitrogens with two attached hydrogens (primary N) is 1. The molecule has 1 saturated heterocycles. The second-order valence-electron chi connectivity index (χ2n) is 8.06. The van der Waals surface area contributed by atoms with E-state index in [1.54, 1.807) is 19.2 Å². The lowest BCUT2D eigenvalue weighted by atomic mass is 9.82. The molecule has 3 aromatic carbocycles. The molecular weight excluding hydrogens is 458 g/mol. The van der Waals surface area contributed by atoms with Crippen molar-refractivity contribution < 1.29 is 14.3 Å². The highest BCUT2D eigenvalue weighted by atomic mass is 16.5. The van der Waals surface area contributed by atoms with Gasteiger partial charge in [-0.15, -0.1) is 0 Å². The Morgan fingerprint density at radius 2 is 1.50 bits per heavy atom. The van der Waals surface area contributed by atoms with Crippen molar-refractivity contribution in [2.75, 3.05) is 18.2 Å². The Morgan fingerprint density at radius 3 is 2.14 bits per heavy atom. The third kappa shape index (κ3) is 4.05. The highest BCUT2D eigenvalue weighted by Gasteiger charge is 2.53. The van der Waals surface area contributed by atoms with Crippen molar-refractivity contribution in [3.63, 3.8) is 0 Å². The lowest BCUT2D eigenvalue weighted by Crippen LogP contribution is -2.45. The quantitative estimate of drug-likeness (QED) is 0.343. The number of ether oxygens (including phenoxy) is 1. The molecule has 0 aliphatic carbocycles. The van der Waals surface area contributed by atoms with E-state index < -0.39 is 17.5 Å². The molecule has 180 valence electrons. The number of amides is 3. The van der Waals surface area contributed by atoms with Crippen molar-refractivity contribution in [2.24, 2.45) is 0 Å². The van der Waals surface area contributed by atoms with E-state index in [9.17, 15) is 9.59 Å². The molecule has 2 heterocycles. The molecule has 5 rings (SSSR count). The van der Waals surface area contributed by atoms with E-state index in [0.717, 1.165) is 4.90 Å². The maximum Gasteiger partial charge on any atom is 0.325 e. The number of aromatic nitrogens is 3. The predicted molar refractivity (Wildman–Crippen MR) is 133 cm³/mol. The summed E-state index contributed by atoms with van der Waals surface area (Å²) in [6.45, 7) is -0.195. The second-order valence-corrected chi connectivity index (χ2v) is 8.06. The van der Waals surface area contributed by atoms with Gasteiger partial charge in [-0.25, -0.2) is 4.79 Å². The van der Waals surface area contributed by atoms with E-state index in [4.69, 9.17) is 10.5 Å². The Hall–Kier alpha value is -4.99. The highest BCUT2D eigenvalue weighted by Crippen LogP contribution is 2.36. The van der Waals surface area contributed by atoms with Gasteiger partial charge in [0.15, 0.2) is 11.4 Å². The van der Waals surface area contributed by atoms with Crippen LogP contribution in [0.25, 0.3) is 0 Å². The van der Waals surface area contributed by atoms with Crippen LogP contribution in [-0.4, -0.2) is 38.9 Å². The van der Waals surface area contributed by atoms with Gasteiger partial charge in [0.05, 0.1) is 19.3 Å². The normalized spacial score (nSPS) is 14.4. The second kappa shape index (κ2) is 9.34. The Balaban J connectivity index is 1.48. The van der Waals surface area contributed by atoms with Crippen molar-refractivity contribution >= 4 is 29.5 Å². The molecule has 0 spiro atoms. The number of imide groups is 1. The molecule has 1 fully saturated rings. The van der Waals surface area contributed by atoms with Gasteiger partial charge in [-0.05, 0) is 23.3 Å². The molecule has 0 unspecified atom stereocenters. The average molecular weight is 482 g/mol. The fourth-order valence-corrected chi connectivity index (χ4v) is 4.23. The Labute approximate surface area is 207 Å². The van der Waals surface area contributed by atoms with Crippen LogP contribution in [0.5, 0.6) is 5.75 Å². The van der Waals surface area contributed by atoms with E-state index in [1.807, 2.05) is 72.8 Å². The van der Waals surface area contributed by atoms with Crippen molar-refractivity contribution in [1.29, 1.82) is 0 Å². The van der Waals surface area contributed by atoms with Gasteiger partial charge in [0.2, 0.25) is 11.9 Å². The number of urea groups is 1. The number of methoxy groups -OCH3 is 1. The van der Waals surface area contributed by atoms with Crippen LogP contribution in [-0.2, 0) is 16.9 Å². The van der Waals surface area contributed by atoms with Gasteiger partial charge in [0, 0.05) is 0 Å². The Morgan fingerprint density at radius 1 is 0.889 bits per heavy atom. The van der Waals surface area contributed by atoms with Crippen LogP contribution in [0.2, 0.25) is 0 Å². The van der Waals surface area contributed by atoms with Gasteiger partial charge >= 0.3 is 6.03 Å². The maximum atomic E-state index is 13.9. The lowest BCUT2D eigenvalue weighted by Gasteiger charge is -2.28. The summed E-state index contributed by atoms with van der Waals surface area (Å²) in [5.41, 5.74) is 6.46. The summed E-state index contributed by atoms with van der Waals surface area (Å²) in [5, 5.41) is 5.96. The third-order valence-electron chi connectivity index (χ3n) is 5.87. The molecule has 10 heteroatoms. The molecule has 0 bridgehead atoms. The first-order chi connectivity index (χ1) is 17.5. The van der Waals surface area contributed by atoms with Gasteiger partial charge in [-0.3, -0.25) is 9.69 Å². The van der Waals surface area contributed by atoms with E-state index in [2.05, 4.69) is 25.6 Å². The molecule has 1 aliphatic rings. The number of benzene rings is 3. The summed E-state index contributed by atoms with van der Waals surface area (Å²) in [5.74, 6) is 0.402. The van der Waals surface area contributed by atoms with Gasteiger partial charge in [0.25, 0.3) is 5.91 Å². The summed E-state index contributed by atoms with van der Waals surface area (Å²) < 4.78 is 5.35. The maximum absolute atomic E-state index is 13.9. The standard InChI is InChI=1S/C26H23N7O3/c1-36-20-15-9-8-14-19(20)28-24-30-21(29-23(27)31-24)16-33-22(34)26(32-25(33)35,17-10-4-2-5-11-17)18-12-6-3-7-13-18/h2-15H,16H2,1H3,(H,32,35)(H3,27,28,29,30,31). The van der Waals surface area contributed by atoms with Crippen molar-refractivity contribution in [1.82, 2.24) is 25.2 Å². The van der Waals surface area contributed by atoms with Crippen LogP contribution in [0, 0.1) is 0 Å². The molecule has 3 amide bonds. The first-order valence-corrected chi connectivity index (χ1v) is 11.2. The number of carbonyl (C=O) groups excluding carboxylic acids is 2. The fourth-order valence-electron chi connectivity index (χ4n) is 4.23. The zero-order valence-electron chi connectivity index (χ0n) is 19.4. The Bertz CT molecular complexity index is 1370. The first-order valence-electron chi connectivity index (χ1n) is 11.2. The number of nitrogens with one attached hydrogen (secondary N) is 2. The number of hydrogen-bond acceptors (Lipinski definition) is 8. The zero-order chi connectivity index (χ0) is 25.1. The monoisotopic (exact) mass is 481 g/mol. The van der Waals surface area contributed by atoms with Gasteiger partial charge < -0.3 is 21.1 Å². The molecule has 4 N–H and O–H groups in total. The zero-order valence-corrected chi connectivity index (χ0v) is 19.4. The summed E-state index contributed by atoms with van der Waals surface area (Å²) in [7, 11) is 1.55. The minimum Gasteiger partial charge on any atom is -0.495 e. The molecule has 0 saturated carbocycles. The number of hydrogen-bond donors (Lipinski definition) is 3. The number of carbonyl (C=O) groups is 2. The van der Waals surface area contributed by atoms with Crippen LogP contribution >= 0.6 is 0 Å². The minimum atomic E-state index is -1.38. The predicted octanol–water partition coefficient (Wildman–Crippen LogP) is 3.20. The number of nitrogen functional groups attached to an aromatic ring is 1. The van der Waals surface area contributed by atoms with Crippen molar-refractivity contribution in [2.45, 2.75) is 12.1 Å². The van der Waals surface area contributed by atoms with E-state index in [1.165, 1.54) is 0 Å². The highest BCUT2D eigenvalue weighted by molar-refractivity contribution is 6.09. The Kier molecular flexibility index (Phi) is 5.91. The van der Waals surface area contributed by atoms with Crippen LogP contribution in [0.3, 0.4) is 0 Å². The summed E-state index contributed by atoms with van der Waals surface area (Å²) in [6.07, 6.45) is 0. The SMILES string of the molecule is COc1ccccc1Nc1nc(N)nc(CN2C(=O)NC(c3ccccc3)(c3ccccc3)C2=O)n1. The van der Waals surface area contributed by atoms with Crippen LogP contribution in [0.1, 0.15) is 17.0 Å². The molecule has 10 nitrogen and oxygen atoms in total. The number of nitrogens with zero attached hydrogens (tertiary/aromatic N) is 4. The van der Waals surface area contributed by atoms with Crippen LogP contribution < -0.4 is 21.1 Å². The summed E-state index contributed by atoms with van der Waals surface area (Å²) >= 11 is 0. The van der Waals surface area contributed by atoms with Crippen molar-refractivity contribution in [3.05, 3.63) is 102 Å². The van der Waals surface area contributed by atoms with E-state index >= 15 is 0 Å². The van der Waals surface area contributed by atoms with Gasteiger partial charge in [-0.2, -0.15) is 15.0 Å². The number of anilines is 3. The summed E-state index contributed by atoms with van der Waals surface area (Å²) in [6, 6.07) is 24.9. The van der Waals surface area contributed by atoms with Crippen LogP contribution in [0.15, 0.2) is 84.9 Å². The first kappa shape index (κ1) is 22.8. The van der Waals surface area contributed by atoms with Crippen LogP contribution in [0.4, 0.5) is 22.4 Å². The number of para-hydroxylation sites is 2. The van der Waals surface area contributed by atoms with E-state index in [-0.39, 0.29) is 24.3 Å². The van der Waals surface area contributed by atoms with Gasteiger partial charge in [0.1, 0.15) is 5.75 Å². The summed E-state index contributed by atoms with van der Waals surface area (Å²) in [4.78, 5) is 40.8. The molecular formula is C26H23N7O3. The van der Waals surface area contributed by atoms with Crippen molar-refractivity contribution in [3.8, 4) is 5.75 Å². The fraction of sp³-hybridized carbons (Fsp3) is 0.115. The average Bonchev–Trinajstić information content (AvgIpc) is 3.15. The molecule has 0 atom stereocenters.